The van der Waals surface area contributed by atoms with E-state index >= 15 is 0 Å². The van der Waals surface area contributed by atoms with Crippen LogP contribution in [0.25, 0.3) is 17.3 Å². The van der Waals surface area contributed by atoms with Crippen LogP contribution >= 0.6 is 11.3 Å². The predicted octanol–water partition coefficient (Wildman–Crippen LogP) is 4.32. The SMILES string of the molecule is N#C/C(=C\C=C\c1ccccc1)C(=O)Nc1nc(-c2ccc(O)c(O)c2)cs1. The van der Waals surface area contributed by atoms with E-state index in [9.17, 15) is 20.3 Å². The highest BCUT2D eigenvalue weighted by Gasteiger charge is 2.12. The zero-order chi connectivity index (χ0) is 19.9. The Hall–Kier alpha value is -3.89. The van der Waals surface area contributed by atoms with Crippen molar-refractivity contribution in [2.75, 3.05) is 5.32 Å². The van der Waals surface area contributed by atoms with E-state index in [1.54, 1.807) is 23.6 Å². The quantitative estimate of drug-likeness (QED) is 0.261. The number of amides is 1. The van der Waals surface area contributed by atoms with Gasteiger partial charge in [0.25, 0.3) is 5.91 Å². The Morgan fingerprint density at radius 2 is 1.93 bits per heavy atom. The molecule has 2 aromatic carbocycles. The Morgan fingerprint density at radius 3 is 2.64 bits per heavy atom. The molecule has 1 heterocycles. The molecule has 7 heteroatoms. The second-order valence-corrected chi connectivity index (χ2v) is 6.52. The third-order valence-corrected chi connectivity index (χ3v) is 4.47. The molecule has 3 N–H and O–H groups in total. The Kier molecular flexibility index (Phi) is 5.84. The average molecular weight is 389 g/mol. The molecule has 0 aliphatic rings. The van der Waals surface area contributed by atoms with Crippen molar-refractivity contribution in [2.45, 2.75) is 0 Å². The van der Waals surface area contributed by atoms with Crippen molar-refractivity contribution in [3.05, 3.63) is 77.2 Å². The minimum atomic E-state index is -0.560. The number of anilines is 1. The van der Waals surface area contributed by atoms with Crippen molar-refractivity contribution in [2.24, 2.45) is 0 Å². The first kappa shape index (κ1) is 18.9. The number of allylic oxidation sites excluding steroid dienone is 2. The van der Waals surface area contributed by atoms with Gasteiger partial charge in [-0.3, -0.25) is 10.1 Å². The summed E-state index contributed by atoms with van der Waals surface area (Å²) in [5.41, 5.74) is 2.03. The summed E-state index contributed by atoms with van der Waals surface area (Å²) in [6, 6.07) is 15.7. The van der Waals surface area contributed by atoms with Gasteiger partial charge in [0.1, 0.15) is 11.6 Å². The number of carbonyl (C=O) groups is 1. The number of hydrogen-bond acceptors (Lipinski definition) is 6. The van der Waals surface area contributed by atoms with E-state index in [-0.39, 0.29) is 17.1 Å². The summed E-state index contributed by atoms with van der Waals surface area (Å²) >= 11 is 1.19. The first-order valence-corrected chi connectivity index (χ1v) is 9.07. The molecule has 28 heavy (non-hydrogen) atoms. The van der Waals surface area contributed by atoms with Crippen LogP contribution in [0.4, 0.5) is 5.13 Å². The number of hydrogen-bond donors (Lipinski definition) is 3. The van der Waals surface area contributed by atoms with Crippen LogP contribution in [0.5, 0.6) is 11.5 Å². The van der Waals surface area contributed by atoms with Crippen molar-refractivity contribution in [1.82, 2.24) is 4.98 Å². The number of thiazole rings is 1. The summed E-state index contributed by atoms with van der Waals surface area (Å²) in [6.07, 6.45) is 4.87. The summed E-state index contributed by atoms with van der Waals surface area (Å²) in [6.45, 7) is 0. The van der Waals surface area contributed by atoms with Crippen LogP contribution in [0.15, 0.2) is 71.6 Å². The number of rotatable bonds is 5. The molecule has 6 nitrogen and oxygen atoms in total. The maximum atomic E-state index is 12.3. The topological polar surface area (TPSA) is 106 Å². The molecule has 0 aliphatic heterocycles. The van der Waals surface area contributed by atoms with Crippen molar-refractivity contribution < 1.29 is 15.0 Å². The molecule has 1 aromatic heterocycles. The molecule has 0 radical (unpaired) electrons. The molecule has 0 fully saturated rings. The van der Waals surface area contributed by atoms with Gasteiger partial charge in [0, 0.05) is 10.9 Å². The minimum Gasteiger partial charge on any atom is -0.504 e. The Labute approximate surface area is 165 Å². The van der Waals surface area contributed by atoms with Crippen molar-refractivity contribution >= 4 is 28.5 Å². The van der Waals surface area contributed by atoms with Crippen LogP contribution in [0.3, 0.4) is 0 Å². The van der Waals surface area contributed by atoms with Gasteiger partial charge in [-0.15, -0.1) is 11.3 Å². The summed E-state index contributed by atoms with van der Waals surface area (Å²) in [5.74, 6) is -1.04. The Bertz CT molecular complexity index is 1100. The molecule has 0 saturated heterocycles. The zero-order valence-electron chi connectivity index (χ0n) is 14.5. The van der Waals surface area contributed by atoms with Crippen LogP contribution in [-0.2, 0) is 4.79 Å². The summed E-state index contributed by atoms with van der Waals surface area (Å²) in [4.78, 5) is 16.6. The smallest absolute Gasteiger partial charge is 0.268 e. The van der Waals surface area contributed by atoms with Gasteiger partial charge < -0.3 is 10.2 Å². The molecule has 1 amide bonds. The predicted molar refractivity (Wildman–Crippen MR) is 109 cm³/mol. The van der Waals surface area contributed by atoms with Crippen molar-refractivity contribution in [3.63, 3.8) is 0 Å². The number of aromatic nitrogens is 1. The lowest BCUT2D eigenvalue weighted by Crippen LogP contribution is -2.13. The third-order valence-electron chi connectivity index (χ3n) is 3.71. The highest BCUT2D eigenvalue weighted by atomic mass is 32.1. The number of aromatic hydroxyl groups is 2. The van der Waals surface area contributed by atoms with Gasteiger partial charge in [-0.1, -0.05) is 42.5 Å². The molecule has 3 rings (SSSR count). The third kappa shape index (κ3) is 4.63. The lowest BCUT2D eigenvalue weighted by atomic mass is 10.1. The van der Waals surface area contributed by atoms with E-state index in [1.165, 1.54) is 29.5 Å². The van der Waals surface area contributed by atoms with E-state index in [0.29, 0.717) is 16.4 Å². The lowest BCUT2D eigenvalue weighted by Gasteiger charge is -2.01. The fourth-order valence-electron chi connectivity index (χ4n) is 2.29. The van der Waals surface area contributed by atoms with Gasteiger partial charge in [0.2, 0.25) is 0 Å². The van der Waals surface area contributed by atoms with Gasteiger partial charge in [0.05, 0.1) is 5.69 Å². The highest BCUT2D eigenvalue weighted by molar-refractivity contribution is 7.14. The summed E-state index contributed by atoms with van der Waals surface area (Å²) in [7, 11) is 0. The molecule has 0 saturated carbocycles. The Balaban J connectivity index is 1.70. The van der Waals surface area contributed by atoms with E-state index in [0.717, 1.165) is 5.56 Å². The fourth-order valence-corrected chi connectivity index (χ4v) is 3.01. The number of phenolic OH excluding ortho intramolecular Hbond substituents is 2. The van der Waals surface area contributed by atoms with Crippen molar-refractivity contribution in [1.29, 1.82) is 5.26 Å². The van der Waals surface area contributed by atoms with E-state index in [1.807, 2.05) is 36.4 Å². The zero-order valence-corrected chi connectivity index (χ0v) is 15.4. The van der Waals surface area contributed by atoms with Crippen LogP contribution in [0.2, 0.25) is 0 Å². The molecule has 0 spiro atoms. The summed E-state index contributed by atoms with van der Waals surface area (Å²) in [5, 5.41) is 32.8. The molecular formula is C21H15N3O3S. The number of nitrogens with zero attached hydrogens (tertiary/aromatic N) is 2. The maximum absolute atomic E-state index is 12.3. The largest absolute Gasteiger partial charge is 0.504 e. The van der Waals surface area contributed by atoms with Gasteiger partial charge >= 0.3 is 0 Å². The normalized spacial score (nSPS) is 11.3. The van der Waals surface area contributed by atoms with E-state index in [2.05, 4.69) is 10.3 Å². The van der Waals surface area contributed by atoms with Crippen LogP contribution in [-0.4, -0.2) is 21.1 Å². The minimum absolute atomic E-state index is 0.0498. The number of benzene rings is 2. The van der Waals surface area contributed by atoms with E-state index in [4.69, 9.17) is 0 Å². The molecule has 0 atom stereocenters. The van der Waals surface area contributed by atoms with Crippen molar-refractivity contribution in [3.8, 4) is 28.8 Å². The van der Waals surface area contributed by atoms with Crippen LogP contribution < -0.4 is 5.32 Å². The second-order valence-electron chi connectivity index (χ2n) is 5.66. The molecule has 0 unspecified atom stereocenters. The molecule has 0 aliphatic carbocycles. The van der Waals surface area contributed by atoms with Crippen LogP contribution in [0, 0.1) is 11.3 Å². The van der Waals surface area contributed by atoms with Gasteiger partial charge in [-0.25, -0.2) is 4.98 Å². The van der Waals surface area contributed by atoms with Gasteiger partial charge in [-0.2, -0.15) is 5.26 Å². The first-order valence-electron chi connectivity index (χ1n) is 8.19. The van der Waals surface area contributed by atoms with Gasteiger partial charge in [-0.05, 0) is 29.8 Å². The molecule has 0 bridgehead atoms. The van der Waals surface area contributed by atoms with Crippen LogP contribution in [0.1, 0.15) is 5.56 Å². The molecular weight excluding hydrogens is 374 g/mol. The maximum Gasteiger partial charge on any atom is 0.268 e. The first-order chi connectivity index (χ1) is 13.6. The molecule has 3 aromatic rings. The number of carbonyl (C=O) groups excluding carboxylic acids is 1. The van der Waals surface area contributed by atoms with E-state index < -0.39 is 5.91 Å². The standard InChI is InChI=1S/C21H15N3O3S/c22-12-16(8-4-7-14-5-2-1-3-6-14)20(27)24-21-23-17(13-28-21)15-9-10-18(25)19(26)11-15/h1-11,13,25-26H,(H,23,24,27)/b7-4+,16-8+. The molecule has 138 valence electrons. The average Bonchev–Trinajstić information content (AvgIpc) is 3.16. The highest BCUT2D eigenvalue weighted by Crippen LogP contribution is 2.32. The Morgan fingerprint density at radius 1 is 1.14 bits per heavy atom. The number of nitriles is 1. The second kappa shape index (κ2) is 8.66. The lowest BCUT2D eigenvalue weighted by molar-refractivity contribution is -0.112. The number of phenols is 2. The van der Waals surface area contributed by atoms with Gasteiger partial charge in [0.15, 0.2) is 16.6 Å². The number of nitrogens with one attached hydrogen (secondary N) is 1. The fraction of sp³-hybridized carbons (Fsp3) is 0. The monoisotopic (exact) mass is 389 g/mol. The summed E-state index contributed by atoms with van der Waals surface area (Å²) < 4.78 is 0.